The quantitative estimate of drug-likeness (QED) is 0.850. The smallest absolute Gasteiger partial charge is 0.256 e. The molecule has 3 rings (SSSR count). The van der Waals surface area contributed by atoms with E-state index in [0.717, 1.165) is 18.7 Å². The number of rotatable bonds is 4. The molecule has 0 unspecified atom stereocenters. The first-order valence-electron chi connectivity index (χ1n) is 7.90. The third kappa shape index (κ3) is 3.11. The van der Waals surface area contributed by atoms with Crippen LogP contribution >= 0.6 is 0 Å². The van der Waals surface area contributed by atoms with Gasteiger partial charge in [0.1, 0.15) is 0 Å². The molecule has 2 aliphatic rings. The number of hydrogen-bond donors (Lipinski definition) is 0. The van der Waals surface area contributed by atoms with Gasteiger partial charge in [-0.15, -0.1) is 0 Å². The number of carbonyl (C=O) groups excluding carboxylic acids is 1. The highest BCUT2D eigenvalue weighted by Crippen LogP contribution is 2.25. The van der Waals surface area contributed by atoms with Gasteiger partial charge < -0.3 is 9.64 Å². The van der Waals surface area contributed by atoms with E-state index in [1.165, 1.54) is 32.4 Å². The number of hydrogen-bond acceptors (Lipinski definition) is 3. The van der Waals surface area contributed by atoms with Gasteiger partial charge in [0.05, 0.1) is 0 Å². The van der Waals surface area contributed by atoms with Gasteiger partial charge in [-0.05, 0) is 31.5 Å². The molecule has 1 aromatic carbocycles. The standard InChI is InChI=1S/C17H24N2O2/c1-21-16(14-8-4-2-5-9-14)17(20)19-12-15(13-19)18-10-6-3-7-11-18/h2,4-5,8-9,15-16H,3,6-7,10-13H2,1H3/t16-/m0/s1. The summed E-state index contributed by atoms with van der Waals surface area (Å²) in [7, 11) is 1.61. The first-order valence-corrected chi connectivity index (χ1v) is 7.90. The molecule has 21 heavy (non-hydrogen) atoms. The average molecular weight is 288 g/mol. The number of ether oxygens (including phenoxy) is 1. The van der Waals surface area contributed by atoms with Crippen LogP contribution in [-0.4, -0.2) is 55.0 Å². The molecular weight excluding hydrogens is 264 g/mol. The van der Waals surface area contributed by atoms with Crippen molar-refractivity contribution in [1.82, 2.24) is 9.80 Å². The molecule has 4 heteroatoms. The molecule has 0 spiro atoms. The predicted octanol–water partition coefficient (Wildman–Crippen LogP) is 2.07. The van der Waals surface area contributed by atoms with Gasteiger partial charge in [0.2, 0.25) is 0 Å². The summed E-state index contributed by atoms with van der Waals surface area (Å²) in [6, 6.07) is 10.3. The molecule has 0 radical (unpaired) electrons. The SMILES string of the molecule is CO[C@H](C(=O)N1CC(N2CCCCC2)C1)c1ccccc1. The molecule has 4 nitrogen and oxygen atoms in total. The fourth-order valence-electron chi connectivity index (χ4n) is 3.32. The van der Waals surface area contributed by atoms with Gasteiger partial charge in [-0.25, -0.2) is 0 Å². The molecule has 2 heterocycles. The molecule has 114 valence electrons. The number of benzene rings is 1. The summed E-state index contributed by atoms with van der Waals surface area (Å²) >= 11 is 0. The van der Waals surface area contributed by atoms with E-state index in [-0.39, 0.29) is 5.91 Å². The Morgan fingerprint density at radius 2 is 1.81 bits per heavy atom. The summed E-state index contributed by atoms with van der Waals surface area (Å²) in [5.74, 6) is 0.0944. The molecule has 0 bridgehead atoms. The van der Waals surface area contributed by atoms with Gasteiger partial charge in [-0.1, -0.05) is 36.8 Å². The minimum absolute atomic E-state index is 0.0944. The molecule has 0 saturated carbocycles. The minimum atomic E-state index is -0.464. The molecule has 2 saturated heterocycles. The number of amides is 1. The lowest BCUT2D eigenvalue weighted by molar-refractivity contribution is -0.150. The fourth-order valence-corrected chi connectivity index (χ4v) is 3.32. The van der Waals surface area contributed by atoms with Crippen molar-refractivity contribution in [2.24, 2.45) is 0 Å². The van der Waals surface area contributed by atoms with Crippen LogP contribution in [0.4, 0.5) is 0 Å². The Hall–Kier alpha value is -1.39. The van der Waals surface area contributed by atoms with Gasteiger partial charge in [0, 0.05) is 26.2 Å². The van der Waals surface area contributed by atoms with Gasteiger partial charge in [0.15, 0.2) is 6.10 Å². The highest BCUT2D eigenvalue weighted by Gasteiger charge is 2.38. The van der Waals surface area contributed by atoms with Crippen LogP contribution in [0.15, 0.2) is 30.3 Å². The van der Waals surface area contributed by atoms with Crippen LogP contribution in [0.2, 0.25) is 0 Å². The second kappa shape index (κ2) is 6.58. The summed E-state index contributed by atoms with van der Waals surface area (Å²) in [4.78, 5) is 17.0. The van der Waals surface area contributed by atoms with Crippen molar-refractivity contribution in [2.75, 3.05) is 33.3 Å². The predicted molar refractivity (Wildman–Crippen MR) is 82.0 cm³/mol. The molecule has 0 aliphatic carbocycles. The van der Waals surface area contributed by atoms with Gasteiger partial charge in [-0.3, -0.25) is 9.69 Å². The Kier molecular flexibility index (Phi) is 4.56. The van der Waals surface area contributed by atoms with E-state index in [9.17, 15) is 4.79 Å². The second-order valence-electron chi connectivity index (χ2n) is 6.02. The molecule has 1 amide bonds. The third-order valence-electron chi connectivity index (χ3n) is 4.64. The molecule has 1 atom stereocenters. The van der Waals surface area contributed by atoms with Crippen molar-refractivity contribution in [3.8, 4) is 0 Å². The maximum atomic E-state index is 12.6. The maximum absolute atomic E-state index is 12.6. The van der Waals surface area contributed by atoms with Gasteiger partial charge in [0.25, 0.3) is 5.91 Å². The van der Waals surface area contributed by atoms with E-state index in [1.807, 2.05) is 35.2 Å². The fraction of sp³-hybridized carbons (Fsp3) is 0.588. The Balaban J connectivity index is 1.56. The Bertz CT molecular complexity index is 465. The van der Waals surface area contributed by atoms with E-state index < -0.39 is 6.10 Å². The average Bonchev–Trinajstić information content (AvgIpc) is 2.49. The Labute approximate surface area is 126 Å². The largest absolute Gasteiger partial charge is 0.367 e. The van der Waals surface area contributed by atoms with E-state index in [2.05, 4.69) is 4.90 Å². The number of carbonyl (C=O) groups is 1. The summed E-state index contributed by atoms with van der Waals surface area (Å²) in [5.41, 5.74) is 0.937. The van der Waals surface area contributed by atoms with Crippen LogP contribution in [-0.2, 0) is 9.53 Å². The zero-order chi connectivity index (χ0) is 14.7. The van der Waals surface area contributed by atoms with E-state index in [1.54, 1.807) is 7.11 Å². The number of piperidine rings is 1. The molecule has 2 fully saturated rings. The topological polar surface area (TPSA) is 32.8 Å². The lowest BCUT2D eigenvalue weighted by Gasteiger charge is -2.47. The van der Waals surface area contributed by atoms with Crippen LogP contribution in [0, 0.1) is 0 Å². The van der Waals surface area contributed by atoms with Crippen LogP contribution in [0.1, 0.15) is 30.9 Å². The van der Waals surface area contributed by atoms with Gasteiger partial charge in [-0.2, -0.15) is 0 Å². The number of nitrogens with zero attached hydrogens (tertiary/aromatic N) is 2. The molecular formula is C17H24N2O2. The highest BCUT2D eigenvalue weighted by molar-refractivity contribution is 5.83. The van der Waals surface area contributed by atoms with Crippen molar-refractivity contribution in [2.45, 2.75) is 31.4 Å². The molecule has 1 aromatic rings. The van der Waals surface area contributed by atoms with E-state index in [0.29, 0.717) is 6.04 Å². The summed E-state index contributed by atoms with van der Waals surface area (Å²) < 4.78 is 5.43. The van der Waals surface area contributed by atoms with Crippen molar-refractivity contribution in [3.63, 3.8) is 0 Å². The normalized spacial score (nSPS) is 21.9. The summed E-state index contributed by atoms with van der Waals surface area (Å²) in [6.07, 6.45) is 3.49. The number of methoxy groups -OCH3 is 1. The first kappa shape index (κ1) is 14.5. The lowest BCUT2D eigenvalue weighted by Crippen LogP contribution is -2.62. The zero-order valence-electron chi connectivity index (χ0n) is 12.7. The maximum Gasteiger partial charge on any atom is 0.256 e. The molecule has 0 aromatic heterocycles. The van der Waals surface area contributed by atoms with Crippen molar-refractivity contribution >= 4 is 5.91 Å². The second-order valence-corrected chi connectivity index (χ2v) is 6.02. The zero-order valence-corrected chi connectivity index (χ0v) is 12.7. The van der Waals surface area contributed by atoms with Crippen LogP contribution < -0.4 is 0 Å². The van der Waals surface area contributed by atoms with Crippen molar-refractivity contribution < 1.29 is 9.53 Å². The van der Waals surface area contributed by atoms with Crippen LogP contribution in [0.25, 0.3) is 0 Å². The summed E-state index contributed by atoms with van der Waals surface area (Å²) in [5, 5.41) is 0. The number of likely N-dealkylation sites (tertiary alicyclic amines) is 2. The highest BCUT2D eigenvalue weighted by atomic mass is 16.5. The summed E-state index contributed by atoms with van der Waals surface area (Å²) in [6.45, 7) is 4.09. The Morgan fingerprint density at radius 1 is 1.14 bits per heavy atom. The molecule has 2 aliphatic heterocycles. The molecule has 0 N–H and O–H groups in total. The van der Waals surface area contributed by atoms with Crippen molar-refractivity contribution in [3.05, 3.63) is 35.9 Å². The van der Waals surface area contributed by atoms with E-state index >= 15 is 0 Å². The Morgan fingerprint density at radius 3 is 2.43 bits per heavy atom. The van der Waals surface area contributed by atoms with E-state index in [4.69, 9.17) is 4.74 Å². The minimum Gasteiger partial charge on any atom is -0.367 e. The van der Waals surface area contributed by atoms with Crippen molar-refractivity contribution in [1.29, 1.82) is 0 Å². The monoisotopic (exact) mass is 288 g/mol. The van der Waals surface area contributed by atoms with Crippen LogP contribution in [0.3, 0.4) is 0 Å². The third-order valence-corrected chi connectivity index (χ3v) is 4.64. The lowest BCUT2D eigenvalue weighted by atomic mass is 10.0. The van der Waals surface area contributed by atoms with Gasteiger partial charge >= 0.3 is 0 Å². The van der Waals surface area contributed by atoms with Crippen LogP contribution in [0.5, 0.6) is 0 Å². The first-order chi connectivity index (χ1) is 10.3.